The molecule has 0 aliphatic carbocycles. The number of hydrogen-bond donors (Lipinski definition) is 4. The lowest BCUT2D eigenvalue weighted by atomic mass is 10.2. The number of nitrogens with one attached hydrogen (secondary N) is 4. The predicted octanol–water partition coefficient (Wildman–Crippen LogP) is 8.52. The third kappa shape index (κ3) is 13.2. The molecule has 4 aromatic rings. The van der Waals surface area contributed by atoms with Gasteiger partial charge < -0.3 is 23.9 Å². The van der Waals surface area contributed by atoms with Gasteiger partial charge in [-0.15, -0.1) is 0 Å². The zero-order chi connectivity index (χ0) is 33.7. The number of furan rings is 1. The van der Waals surface area contributed by atoms with E-state index < -0.39 is 29.5 Å². The third-order valence-electron chi connectivity index (χ3n) is 5.30. The van der Waals surface area contributed by atoms with Crippen molar-refractivity contribution in [1.82, 2.24) is 0 Å². The van der Waals surface area contributed by atoms with E-state index in [0.29, 0.717) is 34.1 Å². The second-order valence-electron chi connectivity index (χ2n) is 11.7. The first-order valence-electron chi connectivity index (χ1n) is 14.2. The van der Waals surface area contributed by atoms with E-state index in [2.05, 4.69) is 21.3 Å². The van der Waals surface area contributed by atoms with E-state index in [4.69, 9.17) is 18.6 Å². The lowest BCUT2D eigenvalue weighted by molar-refractivity contribution is 0.0624. The standard InChI is InChI=1S/C18H20N2O4.C16H18N2O4/c1-18(2,3)24-17(22)20-14-11-9-13(10-12-14)19-16(21)23-15-7-5-4-6-8-15;1-16(2,3)22-15(20)18-13-6-4-12(5-7-13)17-14(19)11-8-9-21-10-11/h4-12H,1-3H3,(H,19,21)(H,20,22);4-10H,1-3H3,(H,17,19)(H,18,20). The summed E-state index contributed by atoms with van der Waals surface area (Å²) >= 11 is 0. The molecule has 4 N–H and O–H groups in total. The Balaban J connectivity index is 0.000000251. The molecular weight excluding hydrogens is 592 g/mol. The Morgan fingerprint density at radius 1 is 0.543 bits per heavy atom. The molecule has 0 aliphatic rings. The Hall–Kier alpha value is -5.78. The summed E-state index contributed by atoms with van der Waals surface area (Å²) in [6.07, 6.45) is 1.15. The van der Waals surface area contributed by atoms with Gasteiger partial charge in [-0.2, -0.15) is 0 Å². The van der Waals surface area contributed by atoms with Crippen molar-refractivity contribution in [2.45, 2.75) is 52.7 Å². The molecule has 242 valence electrons. The average Bonchev–Trinajstić information content (AvgIpc) is 3.50. The second-order valence-corrected chi connectivity index (χ2v) is 11.7. The van der Waals surface area contributed by atoms with E-state index in [1.165, 1.54) is 12.5 Å². The van der Waals surface area contributed by atoms with Crippen LogP contribution in [-0.2, 0) is 9.47 Å². The fraction of sp³-hybridized carbons (Fsp3) is 0.235. The average molecular weight is 631 g/mol. The molecule has 0 saturated heterocycles. The Kier molecular flexibility index (Phi) is 11.9. The number of hydrogen-bond acceptors (Lipinski definition) is 8. The third-order valence-corrected chi connectivity index (χ3v) is 5.30. The number of benzene rings is 3. The van der Waals surface area contributed by atoms with Gasteiger partial charge in [0.25, 0.3) is 5.91 Å². The maximum atomic E-state index is 11.8. The van der Waals surface area contributed by atoms with Gasteiger partial charge in [-0.1, -0.05) is 18.2 Å². The first-order chi connectivity index (χ1) is 21.6. The van der Waals surface area contributed by atoms with Crippen molar-refractivity contribution in [3.8, 4) is 5.75 Å². The minimum absolute atomic E-state index is 0.262. The van der Waals surface area contributed by atoms with Crippen LogP contribution in [0.2, 0.25) is 0 Å². The highest BCUT2D eigenvalue weighted by Crippen LogP contribution is 2.18. The van der Waals surface area contributed by atoms with E-state index in [1.807, 2.05) is 6.07 Å². The van der Waals surface area contributed by atoms with E-state index >= 15 is 0 Å². The topological polar surface area (TPSA) is 157 Å². The zero-order valence-electron chi connectivity index (χ0n) is 26.5. The SMILES string of the molecule is CC(C)(C)OC(=O)Nc1ccc(NC(=O)Oc2ccccc2)cc1.CC(C)(C)OC(=O)Nc1ccc(NC(=O)c2ccoc2)cc1. The van der Waals surface area contributed by atoms with Crippen molar-refractivity contribution in [2.75, 3.05) is 21.3 Å². The molecule has 4 amide bonds. The summed E-state index contributed by atoms with van der Waals surface area (Å²) in [6, 6.07) is 23.7. The predicted molar refractivity (Wildman–Crippen MR) is 175 cm³/mol. The smallest absolute Gasteiger partial charge is 0.417 e. The van der Waals surface area contributed by atoms with Crippen LogP contribution in [0.3, 0.4) is 0 Å². The molecule has 3 aromatic carbocycles. The van der Waals surface area contributed by atoms with Crippen molar-refractivity contribution in [3.63, 3.8) is 0 Å². The van der Waals surface area contributed by atoms with Crippen LogP contribution in [0.1, 0.15) is 51.9 Å². The minimum Gasteiger partial charge on any atom is -0.472 e. The van der Waals surface area contributed by atoms with E-state index in [9.17, 15) is 19.2 Å². The molecule has 0 aliphatic heterocycles. The molecule has 0 saturated carbocycles. The maximum Gasteiger partial charge on any atom is 0.417 e. The molecule has 0 spiro atoms. The van der Waals surface area contributed by atoms with Gasteiger partial charge in [-0.05, 0) is 108 Å². The summed E-state index contributed by atoms with van der Waals surface area (Å²) in [5.74, 6) is 0.194. The van der Waals surface area contributed by atoms with Crippen LogP contribution in [0.15, 0.2) is 102 Å². The second kappa shape index (κ2) is 15.8. The van der Waals surface area contributed by atoms with Gasteiger partial charge in [-0.3, -0.25) is 20.7 Å². The summed E-state index contributed by atoms with van der Waals surface area (Å²) in [7, 11) is 0. The lowest BCUT2D eigenvalue weighted by Crippen LogP contribution is -2.27. The molecule has 46 heavy (non-hydrogen) atoms. The number of carbonyl (C=O) groups excluding carboxylic acids is 4. The lowest BCUT2D eigenvalue weighted by Gasteiger charge is -2.19. The Morgan fingerprint density at radius 3 is 1.35 bits per heavy atom. The molecule has 4 rings (SSSR count). The Labute approximate surface area is 267 Å². The number of carbonyl (C=O) groups is 4. The number of ether oxygens (including phenoxy) is 3. The number of anilines is 4. The van der Waals surface area contributed by atoms with Crippen LogP contribution in [0, 0.1) is 0 Å². The van der Waals surface area contributed by atoms with E-state index in [0.717, 1.165) is 0 Å². The van der Waals surface area contributed by atoms with Gasteiger partial charge in [0.2, 0.25) is 0 Å². The summed E-state index contributed by atoms with van der Waals surface area (Å²) in [6.45, 7) is 10.7. The highest BCUT2D eigenvalue weighted by molar-refractivity contribution is 6.04. The minimum atomic E-state index is -0.589. The van der Waals surface area contributed by atoms with Crippen LogP contribution in [0.5, 0.6) is 5.75 Å². The van der Waals surface area contributed by atoms with Gasteiger partial charge >= 0.3 is 18.3 Å². The molecule has 12 nitrogen and oxygen atoms in total. The molecule has 0 bridgehead atoms. The summed E-state index contributed by atoms with van der Waals surface area (Å²) in [5.41, 5.74) is 1.62. The molecule has 0 fully saturated rings. The van der Waals surface area contributed by atoms with Crippen LogP contribution in [-0.4, -0.2) is 35.4 Å². The summed E-state index contributed by atoms with van der Waals surface area (Å²) < 4.78 is 20.3. The van der Waals surface area contributed by atoms with Crippen molar-refractivity contribution >= 4 is 46.9 Å². The Bertz CT molecular complexity index is 1570. The first-order valence-corrected chi connectivity index (χ1v) is 14.2. The van der Waals surface area contributed by atoms with Gasteiger partial charge in [0.05, 0.1) is 11.8 Å². The monoisotopic (exact) mass is 630 g/mol. The molecule has 1 aromatic heterocycles. The fourth-order valence-corrected chi connectivity index (χ4v) is 3.45. The van der Waals surface area contributed by atoms with Crippen molar-refractivity contribution in [1.29, 1.82) is 0 Å². The fourth-order valence-electron chi connectivity index (χ4n) is 3.45. The first kappa shape index (κ1) is 34.7. The zero-order valence-corrected chi connectivity index (χ0v) is 26.5. The van der Waals surface area contributed by atoms with Crippen LogP contribution < -0.4 is 26.0 Å². The van der Waals surface area contributed by atoms with Crippen LogP contribution in [0.4, 0.5) is 37.1 Å². The quantitative estimate of drug-likeness (QED) is 0.165. The number of rotatable bonds is 6. The highest BCUT2D eigenvalue weighted by Gasteiger charge is 2.17. The molecule has 0 radical (unpaired) electrons. The van der Waals surface area contributed by atoms with Gasteiger partial charge in [0, 0.05) is 22.7 Å². The molecule has 1 heterocycles. The van der Waals surface area contributed by atoms with E-state index in [-0.39, 0.29) is 5.91 Å². The van der Waals surface area contributed by atoms with Gasteiger partial charge in [0.15, 0.2) is 0 Å². The van der Waals surface area contributed by atoms with Crippen molar-refractivity contribution < 1.29 is 37.8 Å². The molecular formula is C34H38N4O8. The van der Waals surface area contributed by atoms with Gasteiger partial charge in [-0.25, -0.2) is 14.4 Å². The number of para-hydroxylation sites is 1. The van der Waals surface area contributed by atoms with Crippen LogP contribution in [0.25, 0.3) is 0 Å². The van der Waals surface area contributed by atoms with E-state index in [1.54, 1.807) is 120 Å². The van der Waals surface area contributed by atoms with Crippen molar-refractivity contribution in [3.05, 3.63) is 103 Å². The highest BCUT2D eigenvalue weighted by atomic mass is 16.6. The molecule has 12 heteroatoms. The normalized spacial score (nSPS) is 10.7. The summed E-state index contributed by atoms with van der Waals surface area (Å²) in [5, 5.41) is 10.6. The van der Waals surface area contributed by atoms with Crippen molar-refractivity contribution in [2.24, 2.45) is 0 Å². The van der Waals surface area contributed by atoms with Crippen LogP contribution >= 0.6 is 0 Å². The largest absolute Gasteiger partial charge is 0.472 e. The Morgan fingerprint density at radius 2 is 0.957 bits per heavy atom. The number of amides is 4. The maximum absolute atomic E-state index is 11.8. The molecule has 0 atom stereocenters. The summed E-state index contributed by atoms with van der Waals surface area (Å²) in [4.78, 5) is 46.9. The molecule has 0 unspecified atom stereocenters. The van der Waals surface area contributed by atoms with Gasteiger partial charge in [0.1, 0.15) is 23.2 Å².